The van der Waals surface area contributed by atoms with Crippen molar-refractivity contribution in [2.24, 2.45) is 5.92 Å². The fourth-order valence-electron chi connectivity index (χ4n) is 4.10. The van der Waals surface area contributed by atoms with Crippen LogP contribution in [0.5, 0.6) is 0 Å². The van der Waals surface area contributed by atoms with Crippen LogP contribution in [0.2, 0.25) is 10.0 Å². The molecule has 0 heterocycles. The van der Waals surface area contributed by atoms with Gasteiger partial charge in [0.05, 0.1) is 22.1 Å². The van der Waals surface area contributed by atoms with E-state index in [0.29, 0.717) is 16.3 Å². The van der Waals surface area contributed by atoms with E-state index in [9.17, 15) is 22.8 Å². The Morgan fingerprint density at radius 2 is 1.65 bits per heavy atom. The van der Waals surface area contributed by atoms with Gasteiger partial charge in [0.25, 0.3) is 5.91 Å². The van der Waals surface area contributed by atoms with Crippen LogP contribution in [0.15, 0.2) is 60.7 Å². The van der Waals surface area contributed by atoms with Gasteiger partial charge in [0.1, 0.15) is 4.33 Å². The lowest BCUT2D eigenvalue weighted by Gasteiger charge is -2.11. The molecule has 2 amide bonds. The Balaban J connectivity index is 1.43. The van der Waals surface area contributed by atoms with Gasteiger partial charge in [-0.15, -0.1) is 23.2 Å². The van der Waals surface area contributed by atoms with E-state index < -0.39 is 39.7 Å². The molecular formula is C26H19Cl4F3N2O2. The van der Waals surface area contributed by atoms with E-state index in [-0.39, 0.29) is 17.1 Å². The first-order chi connectivity index (χ1) is 17.3. The van der Waals surface area contributed by atoms with Gasteiger partial charge in [-0.3, -0.25) is 9.59 Å². The van der Waals surface area contributed by atoms with Crippen molar-refractivity contribution in [1.82, 2.24) is 5.32 Å². The molecule has 0 radical (unpaired) electrons. The highest BCUT2D eigenvalue weighted by atomic mass is 35.5. The van der Waals surface area contributed by atoms with Crippen molar-refractivity contribution in [3.05, 3.63) is 98.5 Å². The summed E-state index contributed by atoms with van der Waals surface area (Å²) in [5.74, 6) is -2.22. The number of benzene rings is 3. The van der Waals surface area contributed by atoms with Crippen molar-refractivity contribution in [1.29, 1.82) is 0 Å². The molecule has 4 nitrogen and oxygen atoms in total. The molecule has 0 saturated heterocycles. The molecule has 0 spiro atoms. The Hall–Kier alpha value is -2.45. The number of carbonyl (C=O) groups is 2. The Morgan fingerprint density at radius 1 is 0.973 bits per heavy atom. The molecule has 0 aliphatic heterocycles. The van der Waals surface area contributed by atoms with Crippen LogP contribution < -0.4 is 10.6 Å². The van der Waals surface area contributed by atoms with E-state index in [1.807, 2.05) is 13.0 Å². The van der Waals surface area contributed by atoms with Crippen LogP contribution in [0.1, 0.15) is 38.5 Å². The minimum atomic E-state index is -4.44. The Kier molecular flexibility index (Phi) is 7.73. The van der Waals surface area contributed by atoms with E-state index >= 15 is 0 Å². The predicted octanol–water partition coefficient (Wildman–Crippen LogP) is 7.78. The number of nitrogens with one attached hydrogen (secondary N) is 2. The molecule has 0 aromatic heterocycles. The summed E-state index contributed by atoms with van der Waals surface area (Å²) in [6.07, 6.45) is -4.44. The fraction of sp³-hybridized carbons (Fsp3) is 0.231. The predicted molar refractivity (Wildman–Crippen MR) is 140 cm³/mol. The molecule has 2 N–H and O–H groups in total. The van der Waals surface area contributed by atoms with Gasteiger partial charge in [-0.1, -0.05) is 41.4 Å². The fourth-order valence-corrected chi connectivity index (χ4v) is 5.43. The summed E-state index contributed by atoms with van der Waals surface area (Å²) < 4.78 is 36.9. The molecule has 37 heavy (non-hydrogen) atoms. The summed E-state index contributed by atoms with van der Waals surface area (Å²) in [5.41, 5.74) is 1.71. The molecule has 4 rings (SSSR count). The Morgan fingerprint density at radius 3 is 2.27 bits per heavy atom. The van der Waals surface area contributed by atoms with Crippen molar-refractivity contribution in [3.8, 4) is 0 Å². The summed E-state index contributed by atoms with van der Waals surface area (Å²) >= 11 is 25.2. The average Bonchev–Trinajstić information content (AvgIpc) is 3.40. The maximum atomic E-state index is 13.0. The standard InChI is InChI=1S/C26H19Cl4F3N2O2/c1-13-8-15(10-17(27)9-13)21-22(25(21,29)30)24(37)35-18-6-7-20(28)19(11-18)23(36)34-12-14-2-4-16(5-3-14)26(31,32)33/h2-11,21-22H,12H2,1H3,(H,34,36)(H,35,37). The average molecular weight is 590 g/mol. The molecule has 2 unspecified atom stereocenters. The van der Waals surface area contributed by atoms with E-state index in [4.69, 9.17) is 46.4 Å². The van der Waals surface area contributed by atoms with Gasteiger partial charge in [0, 0.05) is 23.2 Å². The van der Waals surface area contributed by atoms with Crippen molar-refractivity contribution in [3.63, 3.8) is 0 Å². The molecule has 1 aliphatic rings. The van der Waals surface area contributed by atoms with Crippen LogP contribution in [-0.2, 0) is 17.5 Å². The normalized spacial score (nSPS) is 18.3. The van der Waals surface area contributed by atoms with Gasteiger partial charge in [-0.2, -0.15) is 13.2 Å². The number of alkyl halides is 5. The molecule has 2 atom stereocenters. The Labute approximate surface area is 231 Å². The lowest BCUT2D eigenvalue weighted by Crippen LogP contribution is -2.24. The van der Waals surface area contributed by atoms with Gasteiger partial charge in [0.2, 0.25) is 5.91 Å². The van der Waals surface area contributed by atoms with Crippen LogP contribution in [0.25, 0.3) is 0 Å². The number of amides is 2. The smallest absolute Gasteiger partial charge is 0.348 e. The van der Waals surface area contributed by atoms with Crippen LogP contribution in [0.3, 0.4) is 0 Å². The number of rotatable bonds is 6. The first-order valence-corrected chi connectivity index (χ1v) is 12.5. The van der Waals surface area contributed by atoms with Crippen molar-refractivity contribution in [2.75, 3.05) is 5.32 Å². The van der Waals surface area contributed by atoms with E-state index in [1.165, 1.54) is 30.3 Å². The molecule has 11 heteroatoms. The maximum absolute atomic E-state index is 13.0. The number of hydrogen-bond donors (Lipinski definition) is 2. The molecule has 1 aliphatic carbocycles. The molecule has 3 aromatic rings. The summed E-state index contributed by atoms with van der Waals surface area (Å²) in [6.45, 7) is 1.85. The molecule has 1 fully saturated rings. The zero-order chi connectivity index (χ0) is 27.1. The van der Waals surface area contributed by atoms with Crippen LogP contribution >= 0.6 is 46.4 Å². The number of halogens is 7. The first-order valence-electron chi connectivity index (χ1n) is 11.0. The summed E-state index contributed by atoms with van der Waals surface area (Å²) in [7, 11) is 0. The lowest BCUT2D eigenvalue weighted by atomic mass is 10.1. The van der Waals surface area contributed by atoms with Gasteiger partial charge in [-0.25, -0.2) is 0 Å². The second-order valence-corrected chi connectivity index (χ2v) is 11.0. The van der Waals surface area contributed by atoms with E-state index in [2.05, 4.69) is 10.6 Å². The van der Waals surface area contributed by atoms with Crippen LogP contribution in [-0.4, -0.2) is 16.1 Å². The summed E-state index contributed by atoms with van der Waals surface area (Å²) in [6, 6.07) is 14.2. The monoisotopic (exact) mass is 588 g/mol. The topological polar surface area (TPSA) is 58.2 Å². The van der Waals surface area contributed by atoms with E-state index in [0.717, 1.165) is 23.3 Å². The third-order valence-electron chi connectivity index (χ3n) is 5.97. The highest BCUT2D eigenvalue weighted by Crippen LogP contribution is 2.65. The molecule has 194 valence electrons. The molecule has 3 aromatic carbocycles. The maximum Gasteiger partial charge on any atom is 0.416 e. The molecule has 0 bridgehead atoms. The first kappa shape index (κ1) is 27.6. The SMILES string of the molecule is Cc1cc(Cl)cc(C2C(C(=O)Nc3ccc(Cl)c(C(=O)NCc4ccc(C(F)(F)F)cc4)c3)C2(Cl)Cl)c1. The van der Waals surface area contributed by atoms with Gasteiger partial charge in [-0.05, 0) is 66.1 Å². The summed E-state index contributed by atoms with van der Waals surface area (Å²) in [4.78, 5) is 25.7. The van der Waals surface area contributed by atoms with Gasteiger partial charge in [0.15, 0.2) is 0 Å². The zero-order valence-corrected chi connectivity index (χ0v) is 22.1. The van der Waals surface area contributed by atoms with Crippen LogP contribution in [0, 0.1) is 12.8 Å². The van der Waals surface area contributed by atoms with Crippen molar-refractivity contribution in [2.45, 2.75) is 29.9 Å². The number of anilines is 1. The zero-order valence-electron chi connectivity index (χ0n) is 19.1. The molecule has 1 saturated carbocycles. The minimum absolute atomic E-state index is 0.0201. The third kappa shape index (κ3) is 6.17. The van der Waals surface area contributed by atoms with Crippen molar-refractivity contribution >= 4 is 63.9 Å². The van der Waals surface area contributed by atoms with Crippen molar-refractivity contribution < 1.29 is 22.8 Å². The second-order valence-electron chi connectivity index (χ2n) is 8.75. The largest absolute Gasteiger partial charge is 0.416 e. The number of aryl methyl sites for hydroxylation is 1. The van der Waals surface area contributed by atoms with Gasteiger partial charge < -0.3 is 10.6 Å². The number of hydrogen-bond acceptors (Lipinski definition) is 2. The minimum Gasteiger partial charge on any atom is -0.348 e. The number of carbonyl (C=O) groups excluding carboxylic acids is 2. The summed E-state index contributed by atoms with van der Waals surface area (Å²) in [5, 5.41) is 5.97. The van der Waals surface area contributed by atoms with Crippen LogP contribution in [0.4, 0.5) is 18.9 Å². The van der Waals surface area contributed by atoms with E-state index in [1.54, 1.807) is 12.1 Å². The second kappa shape index (κ2) is 10.4. The Bertz CT molecular complexity index is 1340. The highest BCUT2D eigenvalue weighted by molar-refractivity contribution is 6.53. The highest BCUT2D eigenvalue weighted by Gasteiger charge is 2.67. The quantitative estimate of drug-likeness (QED) is 0.288. The lowest BCUT2D eigenvalue weighted by molar-refractivity contribution is -0.137. The molecular weight excluding hydrogens is 571 g/mol. The van der Waals surface area contributed by atoms with Gasteiger partial charge >= 0.3 is 6.18 Å². The third-order valence-corrected chi connectivity index (χ3v) is 7.46.